The number of carbonyl (C=O) groups excluding carboxylic acids is 1. The van der Waals surface area contributed by atoms with Crippen molar-refractivity contribution in [3.63, 3.8) is 0 Å². The molecule has 3 N–H and O–H groups in total. The molecule has 2 rings (SSSR count). The summed E-state index contributed by atoms with van der Waals surface area (Å²) in [6.45, 7) is 0.165. The Hall–Kier alpha value is -2.08. The topological polar surface area (TPSA) is 64.3 Å². The summed E-state index contributed by atoms with van der Waals surface area (Å²) in [6, 6.07) is 11.5. The molecule has 110 valence electrons. The van der Waals surface area contributed by atoms with Crippen LogP contribution in [0, 0.1) is 5.82 Å². The Kier molecular flexibility index (Phi) is 5.16. The van der Waals surface area contributed by atoms with Gasteiger partial charge in [0.1, 0.15) is 11.6 Å². The van der Waals surface area contributed by atoms with Crippen LogP contribution in [0.2, 0.25) is 0 Å². The van der Waals surface area contributed by atoms with Gasteiger partial charge < -0.3 is 15.8 Å². The van der Waals surface area contributed by atoms with Crippen LogP contribution >= 0.6 is 15.9 Å². The number of para-hydroxylation sites is 2. The molecule has 0 aliphatic carbocycles. The molecule has 0 radical (unpaired) electrons. The molecule has 0 spiro atoms. The Bertz CT molecular complexity index is 649. The van der Waals surface area contributed by atoms with Gasteiger partial charge in [-0.2, -0.15) is 0 Å². The second kappa shape index (κ2) is 7.08. The lowest BCUT2D eigenvalue weighted by Gasteiger charge is -2.09. The van der Waals surface area contributed by atoms with E-state index in [1.807, 2.05) is 0 Å². The summed E-state index contributed by atoms with van der Waals surface area (Å²) < 4.78 is 19.6. The van der Waals surface area contributed by atoms with Crippen LogP contribution in [0.5, 0.6) is 5.75 Å². The third-order valence-electron chi connectivity index (χ3n) is 2.71. The number of rotatable bonds is 5. The first kappa shape index (κ1) is 15.3. The number of nitrogens with two attached hydrogens (primary N) is 1. The van der Waals surface area contributed by atoms with Crippen molar-refractivity contribution >= 4 is 33.2 Å². The summed E-state index contributed by atoms with van der Waals surface area (Å²) in [5.41, 5.74) is 6.37. The number of nitrogen functional groups attached to an aromatic ring is 1. The SMILES string of the molecule is Nc1ccccc1OCCC(=O)Nc1ccc(Br)cc1F. The zero-order valence-corrected chi connectivity index (χ0v) is 12.7. The van der Waals surface area contributed by atoms with Crippen LogP contribution < -0.4 is 15.8 Å². The third kappa shape index (κ3) is 4.46. The van der Waals surface area contributed by atoms with Crippen molar-refractivity contribution in [3.8, 4) is 5.75 Å². The van der Waals surface area contributed by atoms with Crippen molar-refractivity contribution in [2.75, 3.05) is 17.7 Å². The first-order chi connectivity index (χ1) is 10.1. The number of ether oxygens (including phenoxy) is 1. The monoisotopic (exact) mass is 352 g/mol. The molecular weight excluding hydrogens is 339 g/mol. The van der Waals surface area contributed by atoms with Crippen LogP contribution in [0.15, 0.2) is 46.9 Å². The second-order valence-corrected chi connectivity index (χ2v) is 5.22. The Morgan fingerprint density at radius 2 is 2.05 bits per heavy atom. The van der Waals surface area contributed by atoms with E-state index in [2.05, 4.69) is 21.2 Å². The summed E-state index contributed by atoms with van der Waals surface area (Å²) in [6.07, 6.45) is 0.101. The Morgan fingerprint density at radius 1 is 1.29 bits per heavy atom. The van der Waals surface area contributed by atoms with Crippen LogP contribution in [-0.2, 0) is 4.79 Å². The van der Waals surface area contributed by atoms with Crippen LogP contribution in [0.3, 0.4) is 0 Å². The number of carbonyl (C=O) groups is 1. The van der Waals surface area contributed by atoms with E-state index in [4.69, 9.17) is 10.5 Å². The zero-order chi connectivity index (χ0) is 15.2. The predicted octanol–water partition coefficient (Wildman–Crippen LogP) is 3.58. The van der Waals surface area contributed by atoms with E-state index in [1.165, 1.54) is 12.1 Å². The highest BCUT2D eigenvalue weighted by molar-refractivity contribution is 9.10. The number of hydrogen-bond acceptors (Lipinski definition) is 3. The van der Waals surface area contributed by atoms with Gasteiger partial charge >= 0.3 is 0 Å². The second-order valence-electron chi connectivity index (χ2n) is 4.31. The number of amides is 1. The predicted molar refractivity (Wildman–Crippen MR) is 83.7 cm³/mol. The molecule has 1 amide bonds. The van der Waals surface area contributed by atoms with Crippen molar-refractivity contribution in [2.24, 2.45) is 0 Å². The molecule has 6 heteroatoms. The van der Waals surface area contributed by atoms with Crippen molar-refractivity contribution in [3.05, 3.63) is 52.8 Å². The van der Waals surface area contributed by atoms with Gasteiger partial charge in [-0.1, -0.05) is 28.1 Å². The van der Waals surface area contributed by atoms with Gasteiger partial charge in [0.2, 0.25) is 5.91 Å². The van der Waals surface area contributed by atoms with Crippen molar-refractivity contribution in [1.29, 1.82) is 0 Å². The smallest absolute Gasteiger partial charge is 0.227 e. The number of anilines is 2. The molecule has 0 aliphatic heterocycles. The maximum atomic E-state index is 13.6. The normalized spacial score (nSPS) is 10.2. The van der Waals surface area contributed by atoms with Gasteiger partial charge in [-0.05, 0) is 30.3 Å². The van der Waals surface area contributed by atoms with Crippen molar-refractivity contribution in [1.82, 2.24) is 0 Å². The highest BCUT2D eigenvalue weighted by Crippen LogP contribution is 2.21. The lowest BCUT2D eigenvalue weighted by atomic mass is 10.3. The van der Waals surface area contributed by atoms with Gasteiger partial charge in [0.25, 0.3) is 0 Å². The number of nitrogens with one attached hydrogen (secondary N) is 1. The number of benzene rings is 2. The fraction of sp³-hybridized carbons (Fsp3) is 0.133. The minimum absolute atomic E-state index is 0.101. The minimum atomic E-state index is -0.494. The number of hydrogen-bond donors (Lipinski definition) is 2. The largest absolute Gasteiger partial charge is 0.491 e. The Labute approximate surface area is 130 Å². The highest BCUT2D eigenvalue weighted by atomic mass is 79.9. The van der Waals surface area contributed by atoms with Crippen molar-refractivity contribution in [2.45, 2.75) is 6.42 Å². The third-order valence-corrected chi connectivity index (χ3v) is 3.20. The molecule has 0 saturated carbocycles. The molecule has 0 aliphatic rings. The van der Waals surface area contributed by atoms with E-state index in [9.17, 15) is 9.18 Å². The highest BCUT2D eigenvalue weighted by Gasteiger charge is 2.08. The summed E-state index contributed by atoms with van der Waals surface area (Å²) in [5, 5.41) is 2.49. The van der Waals surface area contributed by atoms with Crippen LogP contribution in [0.25, 0.3) is 0 Å². The zero-order valence-electron chi connectivity index (χ0n) is 11.1. The summed E-state index contributed by atoms with van der Waals surface area (Å²) >= 11 is 3.15. The van der Waals surface area contributed by atoms with E-state index in [0.717, 1.165) is 0 Å². The minimum Gasteiger partial charge on any atom is -0.491 e. The molecule has 0 fully saturated rings. The Balaban J connectivity index is 1.84. The van der Waals surface area contributed by atoms with Gasteiger partial charge in [0.05, 0.1) is 24.4 Å². The first-order valence-electron chi connectivity index (χ1n) is 6.28. The van der Waals surface area contributed by atoms with Crippen LogP contribution in [-0.4, -0.2) is 12.5 Å². The van der Waals surface area contributed by atoms with Gasteiger partial charge in [0.15, 0.2) is 0 Å². The molecule has 0 unspecified atom stereocenters. The average molecular weight is 353 g/mol. The summed E-state index contributed by atoms with van der Waals surface area (Å²) in [4.78, 5) is 11.7. The fourth-order valence-electron chi connectivity index (χ4n) is 1.67. The van der Waals surface area contributed by atoms with E-state index < -0.39 is 5.82 Å². The molecule has 4 nitrogen and oxygen atoms in total. The van der Waals surface area contributed by atoms with E-state index >= 15 is 0 Å². The molecule has 21 heavy (non-hydrogen) atoms. The molecule has 0 saturated heterocycles. The van der Waals surface area contributed by atoms with Crippen LogP contribution in [0.4, 0.5) is 15.8 Å². The Morgan fingerprint density at radius 3 is 2.76 bits per heavy atom. The van der Waals surface area contributed by atoms with Gasteiger partial charge in [-0.3, -0.25) is 4.79 Å². The summed E-state index contributed by atoms with van der Waals surface area (Å²) in [7, 11) is 0. The van der Waals surface area contributed by atoms with Crippen molar-refractivity contribution < 1.29 is 13.9 Å². The molecule has 0 bridgehead atoms. The standard InChI is InChI=1S/C15H14BrFN2O2/c16-10-5-6-13(11(17)9-10)19-15(20)7-8-21-14-4-2-1-3-12(14)18/h1-6,9H,7-8,18H2,(H,19,20). The lowest BCUT2D eigenvalue weighted by molar-refractivity contribution is -0.116. The molecule has 2 aromatic carbocycles. The lowest BCUT2D eigenvalue weighted by Crippen LogP contribution is -2.16. The fourth-order valence-corrected chi connectivity index (χ4v) is 2.00. The molecule has 0 heterocycles. The summed E-state index contributed by atoms with van der Waals surface area (Å²) in [5.74, 6) is -0.295. The molecule has 0 atom stereocenters. The van der Waals surface area contributed by atoms with E-state index in [-0.39, 0.29) is 24.6 Å². The van der Waals surface area contributed by atoms with Gasteiger partial charge in [-0.15, -0.1) is 0 Å². The quantitative estimate of drug-likeness (QED) is 0.808. The molecule has 0 aromatic heterocycles. The maximum absolute atomic E-state index is 13.6. The molecule has 2 aromatic rings. The molecular formula is C15H14BrFN2O2. The maximum Gasteiger partial charge on any atom is 0.227 e. The van der Waals surface area contributed by atoms with E-state index in [1.54, 1.807) is 30.3 Å². The van der Waals surface area contributed by atoms with E-state index in [0.29, 0.717) is 15.9 Å². The first-order valence-corrected chi connectivity index (χ1v) is 7.08. The van der Waals surface area contributed by atoms with Gasteiger partial charge in [-0.25, -0.2) is 4.39 Å². The average Bonchev–Trinajstić information content (AvgIpc) is 2.44. The number of halogens is 2. The van der Waals surface area contributed by atoms with Crippen LogP contribution in [0.1, 0.15) is 6.42 Å². The van der Waals surface area contributed by atoms with Gasteiger partial charge in [0, 0.05) is 4.47 Å².